The third-order valence-electron chi connectivity index (χ3n) is 3.35. The van der Waals surface area contributed by atoms with Crippen LogP contribution in [0.3, 0.4) is 0 Å². The number of nitrogens with zero attached hydrogens (tertiary/aromatic N) is 4. The maximum absolute atomic E-state index is 5.46. The number of ether oxygens (including phenoxy) is 2. The third-order valence-corrected chi connectivity index (χ3v) is 3.35. The van der Waals surface area contributed by atoms with Gasteiger partial charge in [-0.15, -0.1) is 10.2 Å². The molecule has 0 saturated carbocycles. The molecule has 0 aliphatic rings. The molecule has 0 aliphatic carbocycles. The molecule has 6 nitrogen and oxygen atoms in total. The number of methoxy groups -OCH3 is 2. The van der Waals surface area contributed by atoms with Gasteiger partial charge in [0.25, 0.3) is 0 Å². The molecule has 112 valence electrons. The zero-order valence-corrected chi connectivity index (χ0v) is 12.6. The average molecular weight is 296 g/mol. The number of hydrogen-bond donors (Lipinski definition) is 0. The maximum atomic E-state index is 5.46. The molecule has 0 saturated heterocycles. The normalized spacial score (nSPS) is 10.5. The van der Waals surface area contributed by atoms with Gasteiger partial charge in [0.05, 0.1) is 14.2 Å². The Kier molecular flexibility index (Phi) is 3.74. The van der Waals surface area contributed by atoms with Crippen LogP contribution in [0.1, 0.15) is 5.82 Å². The highest BCUT2D eigenvalue weighted by Gasteiger charge is 2.20. The summed E-state index contributed by atoms with van der Waals surface area (Å²) < 4.78 is 12.7. The predicted molar refractivity (Wildman–Crippen MR) is 82.4 cm³/mol. The van der Waals surface area contributed by atoms with Crippen LogP contribution in [0, 0.1) is 6.92 Å². The molecule has 2 heterocycles. The molecule has 2 aromatic heterocycles. The zero-order valence-electron chi connectivity index (χ0n) is 12.6. The average Bonchev–Trinajstić information content (AvgIpc) is 2.96. The number of rotatable bonds is 4. The molecule has 0 aliphatic heterocycles. The van der Waals surface area contributed by atoms with Crippen LogP contribution in [-0.4, -0.2) is 34.0 Å². The number of aromatic nitrogens is 4. The largest absolute Gasteiger partial charge is 0.494 e. The number of aryl methyl sites for hydroxylation is 1. The smallest absolute Gasteiger partial charge is 0.242 e. The number of benzene rings is 1. The molecule has 1 aromatic carbocycles. The fraction of sp³-hybridized carbons (Fsp3) is 0.188. The van der Waals surface area contributed by atoms with E-state index in [0.29, 0.717) is 23.1 Å². The maximum Gasteiger partial charge on any atom is 0.242 e. The summed E-state index contributed by atoms with van der Waals surface area (Å²) in [6.45, 7) is 1.88. The van der Waals surface area contributed by atoms with E-state index >= 15 is 0 Å². The van der Waals surface area contributed by atoms with Gasteiger partial charge >= 0.3 is 0 Å². The van der Waals surface area contributed by atoms with Crippen molar-refractivity contribution in [2.24, 2.45) is 0 Å². The van der Waals surface area contributed by atoms with Crippen LogP contribution in [0.4, 0.5) is 0 Å². The van der Waals surface area contributed by atoms with E-state index in [1.807, 2.05) is 41.8 Å². The summed E-state index contributed by atoms with van der Waals surface area (Å²) in [4.78, 5) is 4.26. The van der Waals surface area contributed by atoms with Gasteiger partial charge in [-0.2, -0.15) is 0 Å². The lowest BCUT2D eigenvalue weighted by atomic mass is 10.2. The summed E-state index contributed by atoms with van der Waals surface area (Å²) >= 11 is 0. The highest BCUT2D eigenvalue weighted by atomic mass is 16.5. The van der Waals surface area contributed by atoms with Crippen LogP contribution in [-0.2, 0) is 0 Å². The third kappa shape index (κ3) is 2.28. The highest BCUT2D eigenvalue weighted by Crippen LogP contribution is 2.34. The van der Waals surface area contributed by atoms with Gasteiger partial charge in [0.15, 0.2) is 11.5 Å². The molecule has 3 aromatic rings. The van der Waals surface area contributed by atoms with Gasteiger partial charge in [-0.05, 0) is 6.92 Å². The molecular formula is C16H16N4O2. The van der Waals surface area contributed by atoms with Crippen molar-refractivity contribution in [3.05, 3.63) is 48.4 Å². The Balaban J connectivity index is 2.28. The molecule has 3 rings (SSSR count). The van der Waals surface area contributed by atoms with Gasteiger partial charge in [0.1, 0.15) is 11.6 Å². The van der Waals surface area contributed by atoms with Gasteiger partial charge in [-0.3, -0.25) is 4.57 Å². The summed E-state index contributed by atoms with van der Waals surface area (Å²) in [6.07, 6.45) is 1.64. The first kappa shape index (κ1) is 14.1. The lowest BCUT2D eigenvalue weighted by Crippen LogP contribution is -2.06. The molecule has 6 heteroatoms. The molecule has 0 radical (unpaired) electrons. The molecule has 0 atom stereocenters. The van der Waals surface area contributed by atoms with Gasteiger partial charge in [-0.1, -0.05) is 30.3 Å². The van der Waals surface area contributed by atoms with Crippen molar-refractivity contribution in [2.45, 2.75) is 6.92 Å². The second kappa shape index (κ2) is 5.85. The van der Waals surface area contributed by atoms with Crippen molar-refractivity contribution in [2.75, 3.05) is 14.2 Å². The summed E-state index contributed by atoms with van der Waals surface area (Å²) in [6, 6.07) is 11.6. The van der Waals surface area contributed by atoms with E-state index in [1.165, 1.54) is 0 Å². The molecular weight excluding hydrogens is 280 g/mol. The van der Waals surface area contributed by atoms with Gasteiger partial charge in [0, 0.05) is 17.8 Å². The molecule has 0 spiro atoms. The Morgan fingerprint density at radius 1 is 0.955 bits per heavy atom. The summed E-state index contributed by atoms with van der Waals surface area (Å²) in [7, 11) is 3.19. The second-order valence-electron chi connectivity index (χ2n) is 4.64. The fourth-order valence-electron chi connectivity index (χ4n) is 2.34. The minimum atomic E-state index is 0.458. The number of hydrogen-bond acceptors (Lipinski definition) is 5. The lowest BCUT2D eigenvalue weighted by Gasteiger charge is -2.15. The van der Waals surface area contributed by atoms with Crippen molar-refractivity contribution in [3.63, 3.8) is 0 Å². The minimum absolute atomic E-state index is 0.458. The summed E-state index contributed by atoms with van der Waals surface area (Å²) in [5.74, 6) is 2.54. The van der Waals surface area contributed by atoms with E-state index in [2.05, 4.69) is 15.2 Å². The molecule has 0 N–H and O–H groups in total. The predicted octanol–water partition coefficient (Wildman–Crippen LogP) is 2.65. The van der Waals surface area contributed by atoms with Crippen molar-refractivity contribution in [1.29, 1.82) is 0 Å². The van der Waals surface area contributed by atoms with E-state index in [-0.39, 0.29) is 0 Å². The topological polar surface area (TPSA) is 62.1 Å². The second-order valence-corrected chi connectivity index (χ2v) is 4.64. The van der Waals surface area contributed by atoms with Crippen LogP contribution in [0.5, 0.6) is 11.6 Å². The zero-order chi connectivity index (χ0) is 15.5. The van der Waals surface area contributed by atoms with Crippen LogP contribution >= 0.6 is 0 Å². The molecule has 22 heavy (non-hydrogen) atoms. The van der Waals surface area contributed by atoms with E-state index in [4.69, 9.17) is 9.47 Å². The molecule has 0 fully saturated rings. The van der Waals surface area contributed by atoms with Gasteiger partial charge in [-0.25, -0.2) is 4.98 Å². The molecule has 0 amide bonds. The highest BCUT2D eigenvalue weighted by molar-refractivity contribution is 5.63. The van der Waals surface area contributed by atoms with E-state index < -0.39 is 0 Å². The Morgan fingerprint density at radius 3 is 2.41 bits per heavy atom. The lowest BCUT2D eigenvalue weighted by molar-refractivity contribution is 0.379. The minimum Gasteiger partial charge on any atom is -0.494 e. The van der Waals surface area contributed by atoms with Crippen LogP contribution < -0.4 is 9.47 Å². The van der Waals surface area contributed by atoms with Crippen LogP contribution in [0.25, 0.3) is 17.1 Å². The number of pyridine rings is 1. The first-order chi connectivity index (χ1) is 10.8. The Labute approximate surface area is 128 Å². The van der Waals surface area contributed by atoms with Crippen LogP contribution in [0.2, 0.25) is 0 Å². The Hall–Kier alpha value is -2.89. The SMILES string of the molecule is COc1ccnc(OC)c1-n1c(C)nnc1-c1ccccc1. The summed E-state index contributed by atoms with van der Waals surface area (Å²) in [5.41, 5.74) is 1.64. The first-order valence-corrected chi connectivity index (χ1v) is 6.81. The van der Waals surface area contributed by atoms with Crippen molar-refractivity contribution >= 4 is 0 Å². The fourth-order valence-corrected chi connectivity index (χ4v) is 2.34. The standard InChI is InChI=1S/C16H16N4O2/c1-11-18-19-15(12-7-5-4-6-8-12)20(11)14-13(21-2)9-10-17-16(14)22-3/h4-10H,1-3H3. The van der Waals surface area contributed by atoms with Gasteiger partial charge in [0.2, 0.25) is 5.88 Å². The quantitative estimate of drug-likeness (QED) is 0.740. The Bertz CT molecular complexity index is 762. The van der Waals surface area contributed by atoms with E-state index in [0.717, 1.165) is 11.4 Å². The van der Waals surface area contributed by atoms with Crippen molar-refractivity contribution < 1.29 is 9.47 Å². The van der Waals surface area contributed by atoms with Gasteiger partial charge < -0.3 is 9.47 Å². The summed E-state index contributed by atoms with van der Waals surface area (Å²) in [5, 5.41) is 8.48. The first-order valence-electron chi connectivity index (χ1n) is 6.81. The van der Waals surface area contributed by atoms with E-state index in [9.17, 15) is 0 Å². The Morgan fingerprint density at radius 2 is 1.73 bits per heavy atom. The molecule has 0 bridgehead atoms. The monoisotopic (exact) mass is 296 g/mol. The van der Waals surface area contributed by atoms with E-state index in [1.54, 1.807) is 26.5 Å². The van der Waals surface area contributed by atoms with Crippen LogP contribution in [0.15, 0.2) is 42.6 Å². The molecule has 0 unspecified atom stereocenters. The van der Waals surface area contributed by atoms with Crippen molar-refractivity contribution in [1.82, 2.24) is 19.7 Å². The van der Waals surface area contributed by atoms with Crippen molar-refractivity contribution in [3.8, 4) is 28.7 Å².